The zero-order valence-electron chi connectivity index (χ0n) is 12.9. The second-order valence-corrected chi connectivity index (χ2v) is 6.53. The first kappa shape index (κ1) is 15.5. The third-order valence-electron chi connectivity index (χ3n) is 3.77. The number of thiophene rings is 1. The largest absolute Gasteiger partial charge is 0.323 e. The van der Waals surface area contributed by atoms with Crippen LogP contribution in [0.25, 0.3) is 20.3 Å². The van der Waals surface area contributed by atoms with Gasteiger partial charge in [-0.1, -0.05) is 30.3 Å². The van der Waals surface area contributed by atoms with Gasteiger partial charge in [0.2, 0.25) is 5.91 Å². The maximum absolute atomic E-state index is 13.6. The molecule has 0 aliphatic heterocycles. The molecule has 2 aromatic heterocycles. The SMILES string of the molecule is O=C(Cc1nc2sc3ccccc3c2c(=O)[nH]1)Nc1ccccc1F. The van der Waals surface area contributed by atoms with Gasteiger partial charge in [-0.3, -0.25) is 9.59 Å². The minimum Gasteiger partial charge on any atom is -0.323 e. The number of fused-ring (bicyclic) bond motifs is 3. The summed E-state index contributed by atoms with van der Waals surface area (Å²) in [7, 11) is 0. The molecular formula is C18H12FN3O2S. The molecule has 2 heterocycles. The van der Waals surface area contributed by atoms with Gasteiger partial charge in [-0.2, -0.15) is 0 Å². The number of para-hydroxylation sites is 1. The van der Waals surface area contributed by atoms with Crippen LogP contribution in [0.5, 0.6) is 0 Å². The number of carbonyl (C=O) groups excluding carboxylic acids is 1. The third kappa shape index (κ3) is 2.89. The average Bonchev–Trinajstić information content (AvgIpc) is 2.95. The van der Waals surface area contributed by atoms with Crippen LogP contribution in [0.1, 0.15) is 5.82 Å². The van der Waals surface area contributed by atoms with E-state index in [1.54, 1.807) is 12.1 Å². The van der Waals surface area contributed by atoms with Crippen LogP contribution in [0, 0.1) is 5.82 Å². The quantitative estimate of drug-likeness (QED) is 0.592. The van der Waals surface area contributed by atoms with Crippen LogP contribution < -0.4 is 10.9 Å². The molecule has 0 saturated heterocycles. The Kier molecular flexibility index (Phi) is 3.77. The van der Waals surface area contributed by atoms with Crippen molar-refractivity contribution in [1.29, 1.82) is 0 Å². The fraction of sp³-hybridized carbons (Fsp3) is 0.0556. The van der Waals surface area contributed by atoms with Gasteiger partial charge >= 0.3 is 0 Å². The predicted octanol–water partition coefficient (Wildman–Crippen LogP) is 3.46. The molecule has 124 valence electrons. The molecule has 2 N–H and O–H groups in total. The number of aromatic amines is 1. The number of hydrogen-bond donors (Lipinski definition) is 2. The molecule has 0 unspecified atom stereocenters. The number of aromatic nitrogens is 2. The zero-order chi connectivity index (χ0) is 17.4. The Hall–Kier alpha value is -3.06. The number of rotatable bonds is 3. The van der Waals surface area contributed by atoms with E-state index in [1.807, 2.05) is 24.3 Å². The molecule has 0 aliphatic carbocycles. The summed E-state index contributed by atoms with van der Waals surface area (Å²) in [6.07, 6.45) is -0.145. The van der Waals surface area contributed by atoms with Crippen molar-refractivity contribution in [1.82, 2.24) is 9.97 Å². The van der Waals surface area contributed by atoms with Crippen LogP contribution in [0.4, 0.5) is 10.1 Å². The Labute approximate surface area is 145 Å². The summed E-state index contributed by atoms with van der Waals surface area (Å²) < 4.78 is 14.6. The lowest BCUT2D eigenvalue weighted by Crippen LogP contribution is -2.19. The molecule has 25 heavy (non-hydrogen) atoms. The molecule has 4 aromatic rings. The lowest BCUT2D eigenvalue weighted by molar-refractivity contribution is -0.115. The molecule has 0 saturated carbocycles. The van der Waals surface area contributed by atoms with Gasteiger partial charge in [0.1, 0.15) is 16.5 Å². The van der Waals surface area contributed by atoms with Crippen LogP contribution in [-0.4, -0.2) is 15.9 Å². The number of H-pyrrole nitrogens is 1. The molecule has 7 heteroatoms. The molecule has 0 bridgehead atoms. The topological polar surface area (TPSA) is 74.8 Å². The lowest BCUT2D eigenvalue weighted by atomic mass is 10.2. The first-order valence-corrected chi connectivity index (χ1v) is 8.38. The van der Waals surface area contributed by atoms with Crippen molar-refractivity contribution in [2.45, 2.75) is 6.42 Å². The fourth-order valence-corrected chi connectivity index (χ4v) is 3.76. The summed E-state index contributed by atoms with van der Waals surface area (Å²) in [5.41, 5.74) is -0.186. The Morgan fingerprint density at radius 3 is 2.76 bits per heavy atom. The van der Waals surface area contributed by atoms with Crippen LogP contribution in [0.15, 0.2) is 53.3 Å². The number of carbonyl (C=O) groups is 1. The molecular weight excluding hydrogens is 341 g/mol. The first-order chi connectivity index (χ1) is 12.1. The highest BCUT2D eigenvalue weighted by molar-refractivity contribution is 7.25. The second kappa shape index (κ2) is 6.10. The van der Waals surface area contributed by atoms with Crippen molar-refractivity contribution < 1.29 is 9.18 Å². The lowest BCUT2D eigenvalue weighted by Gasteiger charge is -2.05. The number of anilines is 1. The van der Waals surface area contributed by atoms with E-state index in [1.165, 1.54) is 23.5 Å². The highest BCUT2D eigenvalue weighted by Crippen LogP contribution is 2.29. The van der Waals surface area contributed by atoms with E-state index in [9.17, 15) is 14.0 Å². The van der Waals surface area contributed by atoms with E-state index in [0.717, 1.165) is 10.1 Å². The molecule has 0 radical (unpaired) electrons. The molecule has 0 fully saturated rings. The first-order valence-electron chi connectivity index (χ1n) is 7.56. The maximum atomic E-state index is 13.6. The van der Waals surface area contributed by atoms with Crippen molar-refractivity contribution in [2.24, 2.45) is 0 Å². The number of nitrogens with zero attached hydrogens (tertiary/aromatic N) is 1. The molecule has 2 aromatic carbocycles. The normalized spacial score (nSPS) is 11.1. The second-order valence-electron chi connectivity index (χ2n) is 5.50. The molecule has 0 atom stereocenters. The van der Waals surface area contributed by atoms with E-state index in [-0.39, 0.29) is 23.5 Å². The molecule has 5 nitrogen and oxygen atoms in total. The van der Waals surface area contributed by atoms with Gasteiger partial charge < -0.3 is 10.3 Å². The van der Waals surface area contributed by atoms with E-state index >= 15 is 0 Å². The van der Waals surface area contributed by atoms with E-state index in [4.69, 9.17) is 0 Å². The van der Waals surface area contributed by atoms with Crippen molar-refractivity contribution in [3.63, 3.8) is 0 Å². The molecule has 1 amide bonds. The Morgan fingerprint density at radius 1 is 1.16 bits per heavy atom. The number of hydrogen-bond acceptors (Lipinski definition) is 4. The van der Waals surface area contributed by atoms with Gasteiger partial charge in [-0.15, -0.1) is 11.3 Å². The highest BCUT2D eigenvalue weighted by atomic mass is 32.1. The Bertz CT molecular complexity index is 1170. The summed E-state index contributed by atoms with van der Waals surface area (Å²) in [6, 6.07) is 13.5. The Morgan fingerprint density at radius 2 is 1.92 bits per heavy atom. The molecule has 0 spiro atoms. The van der Waals surface area contributed by atoms with Gasteiger partial charge in [0.05, 0.1) is 17.5 Å². The predicted molar refractivity (Wildman–Crippen MR) is 96.5 cm³/mol. The van der Waals surface area contributed by atoms with Crippen LogP contribution >= 0.6 is 11.3 Å². The fourth-order valence-electron chi connectivity index (χ4n) is 2.67. The summed E-state index contributed by atoms with van der Waals surface area (Å²) >= 11 is 1.40. The third-order valence-corrected chi connectivity index (χ3v) is 4.84. The van der Waals surface area contributed by atoms with Crippen molar-refractivity contribution in [3.8, 4) is 0 Å². The van der Waals surface area contributed by atoms with Gasteiger partial charge in [-0.25, -0.2) is 9.37 Å². The van der Waals surface area contributed by atoms with Gasteiger partial charge in [0, 0.05) is 10.1 Å². The van der Waals surface area contributed by atoms with E-state index < -0.39 is 11.7 Å². The number of halogens is 1. The summed E-state index contributed by atoms with van der Waals surface area (Å²) in [5, 5.41) is 3.85. The minimum atomic E-state index is -0.516. The van der Waals surface area contributed by atoms with Crippen molar-refractivity contribution in [3.05, 3.63) is 70.5 Å². The van der Waals surface area contributed by atoms with Gasteiger partial charge in [0.15, 0.2) is 0 Å². The smallest absolute Gasteiger partial charge is 0.260 e. The summed E-state index contributed by atoms with van der Waals surface area (Å²) in [6.45, 7) is 0. The van der Waals surface area contributed by atoms with Crippen LogP contribution in [-0.2, 0) is 11.2 Å². The van der Waals surface area contributed by atoms with Crippen LogP contribution in [0.2, 0.25) is 0 Å². The minimum absolute atomic E-state index is 0.0952. The number of amides is 1. The maximum Gasteiger partial charge on any atom is 0.260 e. The molecule has 0 aliphatic rings. The standard InChI is InChI=1S/C18H12FN3O2S/c19-11-6-2-3-7-12(11)20-15(23)9-14-21-17(24)16-10-5-1-4-8-13(10)25-18(16)22-14/h1-8H,9H2,(H,20,23)(H,21,22,24). The summed E-state index contributed by atoms with van der Waals surface area (Å²) in [4.78, 5) is 32.1. The van der Waals surface area contributed by atoms with E-state index in [0.29, 0.717) is 10.2 Å². The van der Waals surface area contributed by atoms with Gasteiger partial charge in [0.25, 0.3) is 5.56 Å². The highest BCUT2D eigenvalue weighted by Gasteiger charge is 2.14. The Balaban J connectivity index is 1.66. The van der Waals surface area contributed by atoms with Crippen molar-refractivity contribution in [2.75, 3.05) is 5.32 Å². The molecule has 4 rings (SSSR count). The zero-order valence-corrected chi connectivity index (χ0v) is 13.7. The monoisotopic (exact) mass is 353 g/mol. The summed E-state index contributed by atoms with van der Waals surface area (Å²) in [5.74, 6) is -0.719. The van der Waals surface area contributed by atoms with Crippen LogP contribution in [0.3, 0.4) is 0 Å². The van der Waals surface area contributed by atoms with Gasteiger partial charge in [-0.05, 0) is 18.2 Å². The number of nitrogens with one attached hydrogen (secondary N) is 2. The number of benzene rings is 2. The van der Waals surface area contributed by atoms with E-state index in [2.05, 4.69) is 15.3 Å². The average molecular weight is 353 g/mol. The van der Waals surface area contributed by atoms with Crippen molar-refractivity contribution >= 4 is 43.2 Å².